The van der Waals surface area contributed by atoms with Gasteiger partial charge in [-0.25, -0.2) is 9.67 Å². The van der Waals surface area contributed by atoms with Gasteiger partial charge in [-0.3, -0.25) is 0 Å². The molecule has 0 aliphatic rings. The van der Waals surface area contributed by atoms with E-state index in [4.69, 9.17) is 10.2 Å². The van der Waals surface area contributed by atoms with Crippen molar-refractivity contribution in [1.29, 1.82) is 0 Å². The van der Waals surface area contributed by atoms with Gasteiger partial charge >= 0.3 is 0 Å². The van der Waals surface area contributed by atoms with E-state index < -0.39 is 0 Å². The first-order valence-electron chi connectivity index (χ1n) is 6.75. The number of nitrogens with zero attached hydrogens (tertiary/aromatic N) is 6. The van der Waals surface area contributed by atoms with Gasteiger partial charge in [-0.2, -0.15) is 14.6 Å². The Balaban J connectivity index is 1.93. The van der Waals surface area contributed by atoms with E-state index in [-0.39, 0.29) is 5.95 Å². The monoisotopic (exact) mass is 361 g/mol. The van der Waals surface area contributed by atoms with Crippen molar-refractivity contribution in [2.75, 3.05) is 11.1 Å². The fourth-order valence-corrected chi connectivity index (χ4v) is 2.59. The third-order valence-electron chi connectivity index (χ3n) is 3.34. The molecule has 4 rings (SSSR count). The highest BCUT2D eigenvalue weighted by Gasteiger charge is 2.17. The Kier molecular flexibility index (Phi) is 3.07. The van der Waals surface area contributed by atoms with Gasteiger partial charge in [0.1, 0.15) is 0 Å². The first-order chi connectivity index (χ1) is 10.8. The number of halogens is 1. The minimum Gasteiger partial charge on any atom is -0.461 e. The molecule has 0 radical (unpaired) electrons. The molecule has 2 N–H and O–H groups in total. The summed E-state index contributed by atoms with van der Waals surface area (Å²) in [7, 11) is 0. The Labute approximate surface area is 133 Å². The van der Waals surface area contributed by atoms with Crippen LogP contribution in [0.3, 0.4) is 0 Å². The second kappa shape index (κ2) is 5.09. The maximum atomic E-state index is 6.01. The van der Waals surface area contributed by atoms with E-state index in [0.717, 1.165) is 23.7 Å². The van der Waals surface area contributed by atoms with Gasteiger partial charge in [0.15, 0.2) is 17.1 Å². The van der Waals surface area contributed by atoms with Crippen LogP contribution in [-0.2, 0) is 6.54 Å². The molecule has 0 bridgehead atoms. The molecule has 0 aromatic carbocycles. The molecule has 0 amide bonds. The zero-order valence-corrected chi connectivity index (χ0v) is 13.1. The van der Waals surface area contributed by atoms with Crippen molar-refractivity contribution in [3.05, 3.63) is 24.6 Å². The van der Waals surface area contributed by atoms with Crippen molar-refractivity contribution in [2.24, 2.45) is 0 Å². The lowest BCUT2D eigenvalue weighted by Crippen LogP contribution is -2.06. The van der Waals surface area contributed by atoms with Crippen molar-refractivity contribution in [3.63, 3.8) is 0 Å². The molecule has 22 heavy (non-hydrogen) atoms. The molecule has 0 aliphatic carbocycles. The summed E-state index contributed by atoms with van der Waals surface area (Å²) in [6, 6.07) is 3.59. The van der Waals surface area contributed by atoms with Crippen molar-refractivity contribution >= 4 is 38.6 Å². The Hall–Kier alpha value is -2.42. The molecule has 4 aromatic rings. The molecule has 0 fully saturated rings. The summed E-state index contributed by atoms with van der Waals surface area (Å²) in [6.07, 6.45) is 4.27. The van der Waals surface area contributed by atoms with E-state index in [1.54, 1.807) is 24.6 Å². The number of rotatable bonds is 4. The highest BCUT2D eigenvalue weighted by Crippen LogP contribution is 2.23. The molecule has 8 nitrogen and oxygen atoms in total. The van der Waals surface area contributed by atoms with Crippen LogP contribution in [0, 0.1) is 0 Å². The normalized spacial score (nSPS) is 11.7. The number of nitrogen functional groups attached to an aromatic ring is 1. The third kappa shape index (κ3) is 1.97. The number of alkyl halides is 1. The maximum absolute atomic E-state index is 6.01. The standard InChI is InChI=1S/C13H12BrN7O/c14-4-2-5-20-11-8(7-16-20)12-17-10(9-3-1-6-22-9)19-21(12)13(15)18-11/h1,3,6-7H,2,4-5H2,(H2,15,18). The van der Waals surface area contributed by atoms with E-state index in [0.29, 0.717) is 22.9 Å². The Morgan fingerprint density at radius 3 is 2.95 bits per heavy atom. The number of furan rings is 1. The zero-order chi connectivity index (χ0) is 15.1. The number of anilines is 1. The van der Waals surface area contributed by atoms with Crippen LogP contribution in [-0.4, -0.2) is 34.7 Å². The maximum Gasteiger partial charge on any atom is 0.225 e. The first kappa shape index (κ1) is 13.3. The fourth-order valence-electron chi connectivity index (χ4n) is 2.34. The minimum atomic E-state index is 0.272. The van der Waals surface area contributed by atoms with Gasteiger partial charge in [0, 0.05) is 11.9 Å². The Bertz CT molecular complexity index is 940. The average molecular weight is 362 g/mol. The van der Waals surface area contributed by atoms with Gasteiger partial charge in [0.05, 0.1) is 17.8 Å². The zero-order valence-electron chi connectivity index (χ0n) is 11.5. The van der Waals surface area contributed by atoms with E-state index in [1.165, 1.54) is 4.52 Å². The highest BCUT2D eigenvalue weighted by atomic mass is 79.9. The predicted octanol–water partition coefficient (Wildman–Crippen LogP) is 2.10. The molecule has 0 unspecified atom stereocenters. The molecule has 0 saturated heterocycles. The van der Waals surface area contributed by atoms with Gasteiger partial charge < -0.3 is 10.2 Å². The van der Waals surface area contributed by atoms with Crippen LogP contribution >= 0.6 is 15.9 Å². The number of aryl methyl sites for hydroxylation is 1. The van der Waals surface area contributed by atoms with Crippen molar-refractivity contribution in [2.45, 2.75) is 13.0 Å². The average Bonchev–Trinajstić information content (AvgIpc) is 3.23. The first-order valence-corrected chi connectivity index (χ1v) is 7.87. The molecule has 0 aliphatic heterocycles. The molecule has 4 heterocycles. The predicted molar refractivity (Wildman–Crippen MR) is 84.6 cm³/mol. The van der Waals surface area contributed by atoms with E-state index in [9.17, 15) is 0 Å². The molecule has 0 saturated carbocycles. The van der Waals surface area contributed by atoms with Gasteiger partial charge in [0.25, 0.3) is 0 Å². The van der Waals surface area contributed by atoms with E-state index in [1.807, 2.05) is 4.68 Å². The lowest BCUT2D eigenvalue weighted by atomic mass is 10.4. The number of hydrogen-bond acceptors (Lipinski definition) is 6. The summed E-state index contributed by atoms with van der Waals surface area (Å²) in [5, 5.41) is 10.4. The van der Waals surface area contributed by atoms with Crippen molar-refractivity contribution in [3.8, 4) is 11.6 Å². The molecule has 0 spiro atoms. The van der Waals surface area contributed by atoms with Gasteiger partial charge in [-0.05, 0) is 18.6 Å². The molecular weight excluding hydrogens is 350 g/mol. The van der Waals surface area contributed by atoms with Gasteiger partial charge in [0.2, 0.25) is 11.8 Å². The SMILES string of the molecule is Nc1nc2c(cnn2CCCBr)c2nc(-c3ccco3)nn12. The molecule has 4 aromatic heterocycles. The quantitative estimate of drug-likeness (QED) is 0.558. The van der Waals surface area contributed by atoms with Crippen molar-refractivity contribution in [1.82, 2.24) is 29.4 Å². The van der Waals surface area contributed by atoms with Gasteiger partial charge in [-0.15, -0.1) is 5.10 Å². The third-order valence-corrected chi connectivity index (χ3v) is 3.90. The minimum absolute atomic E-state index is 0.272. The van der Waals surface area contributed by atoms with E-state index in [2.05, 4.69) is 36.1 Å². The summed E-state index contributed by atoms with van der Waals surface area (Å²) in [5.74, 6) is 1.33. The summed E-state index contributed by atoms with van der Waals surface area (Å²) in [5.41, 5.74) is 7.35. The number of fused-ring (bicyclic) bond motifs is 3. The molecule has 112 valence electrons. The number of nitrogens with two attached hydrogens (primary N) is 1. The van der Waals surface area contributed by atoms with Crippen LogP contribution in [0.2, 0.25) is 0 Å². The number of aromatic nitrogens is 6. The van der Waals surface area contributed by atoms with Gasteiger partial charge in [-0.1, -0.05) is 15.9 Å². The Morgan fingerprint density at radius 1 is 1.27 bits per heavy atom. The topological polar surface area (TPSA) is 100 Å². The fraction of sp³-hybridized carbons (Fsp3) is 0.231. The highest BCUT2D eigenvalue weighted by molar-refractivity contribution is 9.09. The van der Waals surface area contributed by atoms with E-state index >= 15 is 0 Å². The van der Waals surface area contributed by atoms with Crippen molar-refractivity contribution < 1.29 is 4.42 Å². The van der Waals surface area contributed by atoms with Crippen LogP contribution in [0.4, 0.5) is 5.95 Å². The molecule has 0 atom stereocenters. The summed E-state index contributed by atoms with van der Waals surface area (Å²) in [6.45, 7) is 0.760. The lowest BCUT2D eigenvalue weighted by Gasteiger charge is -2.02. The number of hydrogen-bond donors (Lipinski definition) is 1. The van der Waals surface area contributed by atoms with Crippen LogP contribution in [0.15, 0.2) is 29.0 Å². The molecule has 9 heteroatoms. The second-order valence-corrected chi connectivity index (χ2v) is 5.56. The largest absolute Gasteiger partial charge is 0.461 e. The summed E-state index contributed by atoms with van der Waals surface area (Å²) < 4.78 is 8.67. The second-order valence-electron chi connectivity index (χ2n) is 4.77. The summed E-state index contributed by atoms with van der Waals surface area (Å²) in [4.78, 5) is 8.92. The van der Waals surface area contributed by atoms with Crippen LogP contribution < -0.4 is 5.73 Å². The lowest BCUT2D eigenvalue weighted by molar-refractivity contribution is 0.577. The molecular formula is C13H12BrN7O. The van der Waals surface area contributed by atoms with Crippen LogP contribution in [0.1, 0.15) is 6.42 Å². The smallest absolute Gasteiger partial charge is 0.225 e. The van der Waals surface area contributed by atoms with Crippen LogP contribution in [0.5, 0.6) is 0 Å². The Morgan fingerprint density at radius 2 is 2.18 bits per heavy atom. The summed E-state index contributed by atoms with van der Waals surface area (Å²) >= 11 is 3.42. The van der Waals surface area contributed by atoms with Crippen LogP contribution in [0.25, 0.3) is 28.3 Å².